The van der Waals surface area contributed by atoms with Crippen LogP contribution in [-0.4, -0.2) is 57.3 Å². The average Bonchev–Trinajstić information content (AvgIpc) is 3.24. The van der Waals surface area contributed by atoms with Gasteiger partial charge in [-0.25, -0.2) is 22.2 Å². The van der Waals surface area contributed by atoms with Crippen molar-refractivity contribution in [3.05, 3.63) is 47.2 Å². The van der Waals surface area contributed by atoms with Gasteiger partial charge in [-0.15, -0.1) is 0 Å². The Morgan fingerprint density at radius 2 is 2.00 bits per heavy atom. The molecule has 1 fully saturated rings. The molecule has 9 nitrogen and oxygen atoms in total. The Morgan fingerprint density at radius 3 is 2.58 bits per heavy atom. The third-order valence-corrected chi connectivity index (χ3v) is 9.39. The molecule has 4 rings (SSSR count). The number of nitrogens with one attached hydrogen (secondary N) is 1. The number of aromatic nitrogens is 2. The summed E-state index contributed by atoms with van der Waals surface area (Å²) in [6.07, 6.45) is 9.14. The monoisotopic (exact) mass is 575 g/mol. The van der Waals surface area contributed by atoms with Crippen LogP contribution in [0.15, 0.2) is 47.2 Å². The van der Waals surface area contributed by atoms with Crippen LogP contribution in [0, 0.1) is 11.3 Å². The van der Waals surface area contributed by atoms with Crippen LogP contribution in [0.1, 0.15) is 47.0 Å². The quantitative estimate of drug-likeness (QED) is 0.549. The maximum Gasteiger partial charge on any atom is 0.410 e. The van der Waals surface area contributed by atoms with E-state index in [-0.39, 0.29) is 6.09 Å². The van der Waals surface area contributed by atoms with Crippen molar-refractivity contribution >= 4 is 48.8 Å². The van der Waals surface area contributed by atoms with E-state index in [2.05, 4.69) is 32.3 Å². The molecule has 2 aromatic rings. The van der Waals surface area contributed by atoms with E-state index in [9.17, 15) is 18.5 Å². The van der Waals surface area contributed by atoms with Gasteiger partial charge in [0.2, 0.25) is 10.0 Å². The molecule has 1 aliphatic carbocycles. The minimum absolute atomic E-state index is 0.328. The fourth-order valence-corrected chi connectivity index (χ4v) is 6.19. The first kappa shape index (κ1) is 26.2. The van der Waals surface area contributed by atoms with E-state index in [0.717, 1.165) is 4.48 Å². The molecule has 0 aromatic carbocycles. The number of nitrogens with zero attached hydrogens (tertiary/aromatic N) is 4. The van der Waals surface area contributed by atoms with Gasteiger partial charge in [0.05, 0.1) is 18.0 Å². The van der Waals surface area contributed by atoms with Crippen LogP contribution < -0.4 is 5.32 Å². The molecule has 1 saturated heterocycles. The van der Waals surface area contributed by atoms with Gasteiger partial charge in [0.15, 0.2) is 5.65 Å². The molecule has 3 heterocycles. The van der Waals surface area contributed by atoms with Gasteiger partial charge in [0, 0.05) is 42.0 Å². The van der Waals surface area contributed by atoms with E-state index in [1.165, 1.54) is 10.2 Å². The second kappa shape index (κ2) is 9.23. The topological polar surface area (TPSA) is 117 Å². The zero-order chi connectivity index (χ0) is 26.4. The average molecular weight is 577 g/mol. The van der Waals surface area contributed by atoms with Gasteiger partial charge >= 0.3 is 6.09 Å². The summed E-state index contributed by atoms with van der Waals surface area (Å²) in [6.45, 7) is 7.92. The Morgan fingerprint density at radius 1 is 1.31 bits per heavy atom. The largest absolute Gasteiger partial charge is 0.444 e. The smallest absolute Gasteiger partial charge is 0.410 e. The Hall–Kier alpha value is -2.84. The van der Waals surface area contributed by atoms with E-state index in [1.54, 1.807) is 42.3 Å². The molecule has 1 N–H and O–H groups in total. The van der Waals surface area contributed by atoms with Crippen molar-refractivity contribution in [2.75, 3.05) is 18.4 Å². The summed E-state index contributed by atoms with van der Waals surface area (Å²) in [5, 5.41) is 13.9. The lowest BCUT2D eigenvalue weighted by atomic mass is 9.89. The molecule has 0 saturated carbocycles. The number of hydrogen-bond donors (Lipinski definition) is 1. The third kappa shape index (κ3) is 5.02. The second-order valence-corrected chi connectivity index (χ2v) is 13.7. The minimum Gasteiger partial charge on any atom is -0.444 e. The second-order valence-electron chi connectivity index (χ2n) is 10.5. The first-order chi connectivity index (χ1) is 16.8. The van der Waals surface area contributed by atoms with Crippen molar-refractivity contribution in [3.8, 4) is 6.07 Å². The number of piperidine rings is 1. The highest BCUT2D eigenvalue weighted by molar-refractivity contribution is 9.11. The molecular weight excluding hydrogens is 546 g/mol. The molecule has 2 aromatic heterocycles. The van der Waals surface area contributed by atoms with Gasteiger partial charge in [0.25, 0.3) is 0 Å². The Kier molecular flexibility index (Phi) is 6.73. The zero-order valence-electron chi connectivity index (χ0n) is 20.8. The lowest BCUT2D eigenvalue weighted by Crippen LogP contribution is -2.51. The van der Waals surface area contributed by atoms with Gasteiger partial charge in [-0.05, 0) is 46.2 Å². The van der Waals surface area contributed by atoms with E-state index in [4.69, 9.17) is 4.74 Å². The van der Waals surface area contributed by atoms with Crippen molar-refractivity contribution in [3.63, 3.8) is 0 Å². The van der Waals surface area contributed by atoms with E-state index < -0.39 is 25.9 Å². The van der Waals surface area contributed by atoms with Crippen LogP contribution >= 0.6 is 15.9 Å². The van der Waals surface area contributed by atoms with Gasteiger partial charge in [-0.1, -0.05) is 34.2 Å². The molecule has 1 amide bonds. The maximum absolute atomic E-state index is 13.5. The predicted molar refractivity (Wildman–Crippen MR) is 142 cm³/mol. The highest BCUT2D eigenvalue weighted by atomic mass is 79.9. The number of anilines is 1. The van der Waals surface area contributed by atoms with Crippen molar-refractivity contribution in [1.29, 1.82) is 5.26 Å². The molecule has 0 bridgehead atoms. The fourth-order valence-electron chi connectivity index (χ4n) is 4.31. The van der Waals surface area contributed by atoms with Gasteiger partial charge in [-0.2, -0.15) is 5.26 Å². The number of carbonyl (C=O) groups is 1. The highest BCUT2D eigenvalue weighted by Crippen LogP contribution is 2.34. The summed E-state index contributed by atoms with van der Waals surface area (Å²) >= 11 is 3.38. The number of rotatable bonds is 4. The molecule has 1 aliphatic heterocycles. The van der Waals surface area contributed by atoms with Crippen LogP contribution in [0.5, 0.6) is 0 Å². The number of carbonyl (C=O) groups excluding carboxylic acids is 1. The number of pyridine rings is 1. The third-order valence-electron chi connectivity index (χ3n) is 6.51. The predicted octanol–water partition coefficient (Wildman–Crippen LogP) is 4.92. The summed E-state index contributed by atoms with van der Waals surface area (Å²) in [5.41, 5.74) is -0.514. The van der Waals surface area contributed by atoms with Crippen LogP contribution in [-0.2, 0) is 14.8 Å². The molecule has 2 aliphatic rings. The molecule has 11 heteroatoms. The van der Waals surface area contributed by atoms with E-state index in [1.807, 2.05) is 26.8 Å². The van der Waals surface area contributed by atoms with Gasteiger partial charge in [0.1, 0.15) is 15.9 Å². The number of hydrogen-bond acceptors (Lipinski definition) is 7. The van der Waals surface area contributed by atoms with E-state index in [0.29, 0.717) is 49.1 Å². The van der Waals surface area contributed by atoms with Crippen LogP contribution in [0.4, 0.5) is 10.5 Å². The lowest BCUT2D eigenvalue weighted by molar-refractivity contribution is 0.0194. The molecule has 0 radical (unpaired) electrons. The SMILES string of the molecule is CC(C)(C)OC(=O)N1CCC(C#N)(Nc2cnc3c(ccn3S(=O)(=O)C3(C)C=CC(Br)=CC3)c2)CC1. The van der Waals surface area contributed by atoms with Crippen LogP contribution in [0.2, 0.25) is 0 Å². The number of ether oxygens (including phenoxy) is 1. The molecule has 36 heavy (non-hydrogen) atoms. The number of halogens is 1. The summed E-state index contributed by atoms with van der Waals surface area (Å²) in [4.78, 5) is 18.4. The Balaban J connectivity index is 1.52. The van der Waals surface area contributed by atoms with Gasteiger partial charge < -0.3 is 15.0 Å². The first-order valence-corrected chi connectivity index (χ1v) is 14.0. The first-order valence-electron chi connectivity index (χ1n) is 11.7. The van der Waals surface area contributed by atoms with Crippen molar-refractivity contribution in [2.24, 2.45) is 0 Å². The van der Waals surface area contributed by atoms with Crippen molar-refractivity contribution < 1.29 is 17.9 Å². The van der Waals surface area contributed by atoms with Crippen molar-refractivity contribution in [1.82, 2.24) is 13.9 Å². The summed E-state index contributed by atoms with van der Waals surface area (Å²) in [6, 6.07) is 5.87. The molecule has 0 spiro atoms. The van der Waals surface area contributed by atoms with Crippen LogP contribution in [0.25, 0.3) is 11.0 Å². The van der Waals surface area contributed by atoms with Crippen LogP contribution in [0.3, 0.4) is 0 Å². The van der Waals surface area contributed by atoms with E-state index >= 15 is 0 Å². The summed E-state index contributed by atoms with van der Waals surface area (Å²) < 4.78 is 33.4. The summed E-state index contributed by atoms with van der Waals surface area (Å²) in [5.74, 6) is 0. The minimum atomic E-state index is -3.77. The molecule has 192 valence electrons. The molecule has 1 unspecified atom stereocenters. The number of likely N-dealkylation sites (tertiary alicyclic amines) is 1. The summed E-state index contributed by atoms with van der Waals surface area (Å²) in [7, 11) is -3.77. The Labute approximate surface area is 220 Å². The fraction of sp³-hybridized carbons (Fsp3) is 0.480. The van der Waals surface area contributed by atoms with Gasteiger partial charge in [-0.3, -0.25) is 0 Å². The van der Waals surface area contributed by atoms with Crippen molar-refractivity contribution in [2.45, 2.75) is 62.8 Å². The Bertz CT molecular complexity index is 1390. The molecule has 1 atom stereocenters. The number of amides is 1. The number of allylic oxidation sites excluding steroid dienone is 3. The number of nitriles is 1. The standard InChI is InChI=1S/C25H30BrN5O4S/c1-23(2,3)35-22(32)30-13-10-25(17-27,11-14-30)29-20-15-18-7-12-31(21(18)28-16-20)36(33,34)24(4)8-5-19(26)6-9-24/h5-8,12,15-16,29H,9-11,13-14H2,1-4H3. The highest BCUT2D eigenvalue weighted by Gasteiger charge is 2.40. The number of fused-ring (bicyclic) bond motifs is 1. The normalized spacial score (nSPS) is 22.1. The maximum atomic E-state index is 13.5. The lowest BCUT2D eigenvalue weighted by Gasteiger charge is -2.38. The molecular formula is C25H30BrN5O4S. The zero-order valence-corrected chi connectivity index (χ0v) is 23.2.